The molecule has 126 valence electrons. The Bertz CT molecular complexity index is 1050. The molecule has 1 heterocycles. The highest BCUT2D eigenvalue weighted by Crippen LogP contribution is 2.33. The maximum absolute atomic E-state index is 13.8. The van der Waals surface area contributed by atoms with Crippen LogP contribution in [0.4, 0.5) is 4.39 Å². The molecule has 0 unspecified atom stereocenters. The van der Waals surface area contributed by atoms with Gasteiger partial charge in [0.1, 0.15) is 5.82 Å². The van der Waals surface area contributed by atoms with Gasteiger partial charge in [0.05, 0.1) is 0 Å². The lowest BCUT2D eigenvalue weighted by Crippen LogP contribution is -2.15. The van der Waals surface area contributed by atoms with Crippen molar-refractivity contribution in [2.75, 3.05) is 20.6 Å². The second-order valence-corrected chi connectivity index (χ2v) is 6.78. The fraction of sp³-hybridized carbons (Fsp3) is 0.182. The van der Waals surface area contributed by atoms with Crippen molar-refractivity contribution in [3.8, 4) is 11.3 Å². The van der Waals surface area contributed by atoms with Gasteiger partial charge in [-0.3, -0.25) is 0 Å². The number of nitrogens with one attached hydrogen (secondary N) is 1. The molecule has 0 aliphatic rings. The predicted octanol–water partition coefficient (Wildman–Crippen LogP) is 5.23. The van der Waals surface area contributed by atoms with Gasteiger partial charge >= 0.3 is 0 Å². The maximum atomic E-state index is 13.8. The van der Waals surface area contributed by atoms with E-state index in [2.05, 4.69) is 66.4 Å². The number of aromatic nitrogens is 1. The molecule has 25 heavy (non-hydrogen) atoms. The van der Waals surface area contributed by atoms with Crippen LogP contribution in [0.2, 0.25) is 0 Å². The molecule has 0 atom stereocenters. The molecule has 0 aliphatic heterocycles. The van der Waals surface area contributed by atoms with E-state index in [0.717, 1.165) is 35.1 Å². The molecule has 0 aliphatic carbocycles. The average molecular weight is 332 g/mol. The quantitative estimate of drug-likeness (QED) is 0.542. The summed E-state index contributed by atoms with van der Waals surface area (Å²) in [5.74, 6) is -0.192. The highest BCUT2D eigenvalue weighted by Gasteiger charge is 2.14. The molecule has 0 spiro atoms. The molecule has 1 aromatic heterocycles. The Balaban J connectivity index is 1.90. The third-order valence-corrected chi connectivity index (χ3v) is 4.72. The summed E-state index contributed by atoms with van der Waals surface area (Å²) in [5.41, 5.74) is 4.40. The second-order valence-electron chi connectivity index (χ2n) is 6.78. The molecular formula is C22H21FN2. The zero-order valence-corrected chi connectivity index (χ0v) is 14.5. The SMILES string of the molecule is CN(C)CCc1c(-c2ccc3ccccc3c2)[nH]c2ccc(F)cc12. The van der Waals surface area contributed by atoms with Crippen LogP contribution < -0.4 is 0 Å². The van der Waals surface area contributed by atoms with E-state index in [-0.39, 0.29) is 5.82 Å². The summed E-state index contributed by atoms with van der Waals surface area (Å²) in [4.78, 5) is 5.67. The maximum Gasteiger partial charge on any atom is 0.123 e. The van der Waals surface area contributed by atoms with E-state index >= 15 is 0 Å². The van der Waals surface area contributed by atoms with Gasteiger partial charge in [0.2, 0.25) is 0 Å². The fourth-order valence-electron chi connectivity index (χ4n) is 3.41. The minimum Gasteiger partial charge on any atom is -0.354 e. The van der Waals surface area contributed by atoms with E-state index in [1.807, 2.05) is 6.07 Å². The van der Waals surface area contributed by atoms with Crippen LogP contribution in [0.3, 0.4) is 0 Å². The van der Waals surface area contributed by atoms with Crippen LogP contribution in [-0.2, 0) is 6.42 Å². The first-order chi connectivity index (χ1) is 12.1. The third-order valence-electron chi connectivity index (χ3n) is 4.72. The van der Waals surface area contributed by atoms with Crippen LogP contribution >= 0.6 is 0 Å². The molecule has 2 nitrogen and oxygen atoms in total. The van der Waals surface area contributed by atoms with Crippen molar-refractivity contribution in [3.05, 3.63) is 72.0 Å². The number of nitrogens with zero attached hydrogens (tertiary/aromatic N) is 1. The molecule has 0 radical (unpaired) electrons. The minimum absolute atomic E-state index is 0.192. The van der Waals surface area contributed by atoms with Gasteiger partial charge in [-0.2, -0.15) is 0 Å². The van der Waals surface area contributed by atoms with E-state index < -0.39 is 0 Å². The smallest absolute Gasteiger partial charge is 0.123 e. The van der Waals surface area contributed by atoms with Gasteiger partial charge in [0.15, 0.2) is 0 Å². The number of hydrogen-bond donors (Lipinski definition) is 1. The van der Waals surface area contributed by atoms with Crippen LogP contribution in [0.15, 0.2) is 60.7 Å². The number of fused-ring (bicyclic) bond motifs is 2. The molecule has 1 N–H and O–H groups in total. The zero-order valence-electron chi connectivity index (χ0n) is 14.5. The van der Waals surface area contributed by atoms with Gasteiger partial charge in [0.25, 0.3) is 0 Å². The summed E-state index contributed by atoms with van der Waals surface area (Å²) >= 11 is 0. The largest absolute Gasteiger partial charge is 0.354 e. The van der Waals surface area contributed by atoms with Gasteiger partial charge in [-0.1, -0.05) is 36.4 Å². The lowest BCUT2D eigenvalue weighted by molar-refractivity contribution is 0.414. The molecule has 4 rings (SSSR count). The van der Waals surface area contributed by atoms with Crippen LogP contribution in [0.5, 0.6) is 0 Å². The van der Waals surface area contributed by atoms with Gasteiger partial charge < -0.3 is 9.88 Å². The fourth-order valence-corrected chi connectivity index (χ4v) is 3.41. The molecule has 3 aromatic carbocycles. The van der Waals surface area contributed by atoms with Crippen LogP contribution in [0, 0.1) is 5.82 Å². The molecule has 4 aromatic rings. The van der Waals surface area contributed by atoms with Crippen molar-refractivity contribution in [1.82, 2.24) is 9.88 Å². The van der Waals surface area contributed by atoms with Crippen molar-refractivity contribution in [2.24, 2.45) is 0 Å². The number of likely N-dealkylation sites (N-methyl/N-ethyl adjacent to an activating group) is 1. The second kappa shape index (κ2) is 6.34. The molecule has 0 bridgehead atoms. The molecular weight excluding hydrogens is 311 g/mol. The number of H-pyrrole nitrogens is 1. The monoisotopic (exact) mass is 332 g/mol. The number of benzene rings is 3. The lowest BCUT2D eigenvalue weighted by Gasteiger charge is -2.11. The van der Waals surface area contributed by atoms with Gasteiger partial charge in [0, 0.05) is 23.1 Å². The predicted molar refractivity (Wildman–Crippen MR) is 103 cm³/mol. The van der Waals surface area contributed by atoms with Crippen molar-refractivity contribution < 1.29 is 4.39 Å². The van der Waals surface area contributed by atoms with E-state index in [4.69, 9.17) is 0 Å². The summed E-state index contributed by atoms with van der Waals surface area (Å²) in [5, 5.41) is 3.41. The summed E-state index contributed by atoms with van der Waals surface area (Å²) in [6.45, 7) is 0.921. The Morgan fingerprint density at radius 3 is 2.52 bits per heavy atom. The first-order valence-electron chi connectivity index (χ1n) is 8.56. The summed E-state index contributed by atoms with van der Waals surface area (Å²) in [6.07, 6.45) is 0.874. The van der Waals surface area contributed by atoms with Gasteiger partial charge in [-0.15, -0.1) is 0 Å². The topological polar surface area (TPSA) is 19.0 Å². The van der Waals surface area contributed by atoms with E-state index in [1.54, 1.807) is 6.07 Å². The Hall–Kier alpha value is -2.65. The highest BCUT2D eigenvalue weighted by molar-refractivity contribution is 5.93. The summed E-state index contributed by atoms with van der Waals surface area (Å²) < 4.78 is 13.8. The molecule has 0 amide bonds. The van der Waals surface area contributed by atoms with E-state index in [0.29, 0.717) is 0 Å². The van der Waals surface area contributed by atoms with Crippen molar-refractivity contribution >= 4 is 21.7 Å². The molecule has 3 heteroatoms. The number of halogens is 1. The van der Waals surface area contributed by atoms with Gasteiger partial charge in [-0.25, -0.2) is 4.39 Å². The first kappa shape index (κ1) is 15.9. The molecule has 0 saturated carbocycles. The number of hydrogen-bond acceptors (Lipinski definition) is 1. The Kier molecular flexibility index (Phi) is 4.02. The standard InChI is InChI=1S/C22H21FN2/c1-25(2)12-11-19-20-14-18(23)9-10-21(20)24-22(19)17-8-7-15-5-3-4-6-16(15)13-17/h3-10,13-14,24H,11-12H2,1-2H3. The van der Waals surface area contributed by atoms with Crippen LogP contribution in [0.25, 0.3) is 32.9 Å². The Morgan fingerprint density at radius 2 is 1.72 bits per heavy atom. The Morgan fingerprint density at radius 1 is 0.920 bits per heavy atom. The molecule has 0 fully saturated rings. The summed E-state index contributed by atoms with van der Waals surface area (Å²) in [6, 6.07) is 19.8. The first-order valence-corrected chi connectivity index (χ1v) is 8.56. The highest BCUT2D eigenvalue weighted by atomic mass is 19.1. The number of rotatable bonds is 4. The lowest BCUT2D eigenvalue weighted by atomic mass is 10.00. The average Bonchev–Trinajstić information content (AvgIpc) is 2.97. The van der Waals surface area contributed by atoms with E-state index in [9.17, 15) is 4.39 Å². The summed E-state index contributed by atoms with van der Waals surface area (Å²) in [7, 11) is 4.12. The van der Waals surface area contributed by atoms with Gasteiger partial charge in [-0.05, 0) is 66.7 Å². The zero-order chi connectivity index (χ0) is 17.4. The van der Waals surface area contributed by atoms with Crippen molar-refractivity contribution in [1.29, 1.82) is 0 Å². The minimum atomic E-state index is -0.192. The van der Waals surface area contributed by atoms with Crippen LogP contribution in [-0.4, -0.2) is 30.5 Å². The van der Waals surface area contributed by atoms with E-state index in [1.165, 1.54) is 22.4 Å². The molecule has 0 saturated heterocycles. The van der Waals surface area contributed by atoms with Crippen molar-refractivity contribution in [2.45, 2.75) is 6.42 Å². The third kappa shape index (κ3) is 3.03. The van der Waals surface area contributed by atoms with Crippen LogP contribution in [0.1, 0.15) is 5.56 Å². The van der Waals surface area contributed by atoms with Crippen molar-refractivity contribution in [3.63, 3.8) is 0 Å². The normalized spacial score (nSPS) is 11.7. The number of aromatic amines is 1. The Labute approximate surface area is 146 Å².